The minimum Gasteiger partial charge on any atom is -0.399 e. The lowest BCUT2D eigenvalue weighted by Gasteiger charge is -2.17. The lowest BCUT2D eigenvalue weighted by atomic mass is 10.3. The van der Waals surface area contributed by atoms with Crippen LogP contribution in [0.1, 0.15) is 6.92 Å². The number of carbonyl (C=O) groups excluding carboxylic acids is 1. The number of amides is 1. The molecule has 0 spiro atoms. The summed E-state index contributed by atoms with van der Waals surface area (Å²) in [6, 6.07) is 5.28. The number of hydrogen-bond acceptors (Lipinski definition) is 7. The summed E-state index contributed by atoms with van der Waals surface area (Å²) in [5.74, 6) is 5.24. The number of nitrogens with zero attached hydrogens (tertiary/aromatic N) is 1. The summed E-state index contributed by atoms with van der Waals surface area (Å²) < 4.78 is 27.8. The van der Waals surface area contributed by atoms with Crippen molar-refractivity contribution in [1.82, 2.24) is 5.01 Å². The molecule has 19 heavy (non-hydrogen) atoms. The van der Waals surface area contributed by atoms with E-state index in [2.05, 4.69) is 4.18 Å². The van der Waals surface area contributed by atoms with Gasteiger partial charge in [-0.15, -0.1) is 0 Å². The van der Waals surface area contributed by atoms with Crippen LogP contribution in [0.3, 0.4) is 0 Å². The van der Waals surface area contributed by atoms with Crippen LogP contribution in [0, 0.1) is 0 Å². The molecule has 9 heteroatoms. The van der Waals surface area contributed by atoms with Crippen LogP contribution in [-0.4, -0.2) is 37.3 Å². The van der Waals surface area contributed by atoms with Crippen LogP contribution >= 0.6 is 0 Å². The number of aliphatic hydroxyl groups excluding tert-OH is 1. The van der Waals surface area contributed by atoms with Crippen molar-refractivity contribution < 1.29 is 22.5 Å². The second-order valence-corrected chi connectivity index (χ2v) is 5.42. The van der Waals surface area contributed by atoms with E-state index in [1.807, 2.05) is 0 Å². The lowest BCUT2D eigenvalue weighted by molar-refractivity contribution is 0.111. The first-order valence-corrected chi connectivity index (χ1v) is 6.67. The molecule has 106 valence electrons. The summed E-state index contributed by atoms with van der Waals surface area (Å²) in [7, 11) is -4.30. The SMILES string of the molecule is CC(O)CN(N)C(=O)OS(=O)(=O)c1cccc(N)c1. The van der Waals surface area contributed by atoms with Gasteiger partial charge >= 0.3 is 16.2 Å². The number of nitrogen functional groups attached to an aromatic ring is 1. The Labute approximate surface area is 110 Å². The van der Waals surface area contributed by atoms with Gasteiger partial charge in [-0.1, -0.05) is 6.07 Å². The van der Waals surface area contributed by atoms with Crippen LogP contribution in [0.2, 0.25) is 0 Å². The molecule has 0 aliphatic heterocycles. The molecule has 0 aromatic heterocycles. The number of rotatable bonds is 4. The molecule has 5 N–H and O–H groups in total. The van der Waals surface area contributed by atoms with Gasteiger partial charge in [0.2, 0.25) is 0 Å². The normalized spacial score (nSPS) is 12.8. The van der Waals surface area contributed by atoms with E-state index < -0.39 is 22.3 Å². The highest BCUT2D eigenvalue weighted by Crippen LogP contribution is 2.16. The number of carbonyl (C=O) groups is 1. The van der Waals surface area contributed by atoms with E-state index in [0.29, 0.717) is 5.01 Å². The van der Waals surface area contributed by atoms with E-state index in [9.17, 15) is 13.2 Å². The molecule has 1 aromatic rings. The molecule has 0 heterocycles. The number of hydrazine groups is 1. The fourth-order valence-corrected chi connectivity index (χ4v) is 2.12. The summed E-state index contributed by atoms with van der Waals surface area (Å²) >= 11 is 0. The van der Waals surface area contributed by atoms with Crippen LogP contribution in [0.15, 0.2) is 29.2 Å². The summed E-state index contributed by atoms with van der Waals surface area (Å²) in [4.78, 5) is 11.2. The van der Waals surface area contributed by atoms with Gasteiger partial charge in [0.1, 0.15) is 4.90 Å². The first-order chi connectivity index (χ1) is 8.72. The summed E-state index contributed by atoms with van der Waals surface area (Å²) in [5.41, 5.74) is 5.65. The third kappa shape index (κ3) is 4.39. The standard InChI is InChI=1S/C10H15N3O5S/c1-7(14)6-13(12)10(15)18-19(16,17)9-4-2-3-8(11)5-9/h2-5,7,14H,6,11-12H2,1H3. The zero-order valence-electron chi connectivity index (χ0n) is 10.2. The fraction of sp³-hybridized carbons (Fsp3) is 0.300. The number of benzene rings is 1. The van der Waals surface area contributed by atoms with E-state index in [1.165, 1.54) is 25.1 Å². The van der Waals surface area contributed by atoms with Crippen molar-refractivity contribution in [3.63, 3.8) is 0 Å². The molecule has 8 nitrogen and oxygen atoms in total. The summed E-state index contributed by atoms with van der Waals surface area (Å²) in [6.07, 6.45) is -2.20. The maximum Gasteiger partial charge on any atom is 0.440 e. The molecule has 0 saturated heterocycles. The topological polar surface area (TPSA) is 136 Å². The molecule has 1 amide bonds. The molecule has 0 radical (unpaired) electrons. The fourth-order valence-electron chi connectivity index (χ4n) is 1.22. The quantitative estimate of drug-likeness (QED) is 0.226. The van der Waals surface area contributed by atoms with Gasteiger partial charge in [0.05, 0.1) is 12.6 Å². The highest BCUT2D eigenvalue weighted by atomic mass is 32.2. The molecule has 0 bridgehead atoms. The Bertz CT molecular complexity index is 558. The van der Waals surface area contributed by atoms with Crippen LogP contribution < -0.4 is 11.6 Å². The van der Waals surface area contributed by atoms with E-state index in [1.54, 1.807) is 0 Å². The number of anilines is 1. The van der Waals surface area contributed by atoms with E-state index in [-0.39, 0.29) is 17.1 Å². The number of hydrogen-bond donors (Lipinski definition) is 3. The Morgan fingerprint density at radius 3 is 2.68 bits per heavy atom. The highest BCUT2D eigenvalue weighted by Gasteiger charge is 2.23. The molecule has 1 atom stereocenters. The molecule has 0 saturated carbocycles. The van der Waals surface area contributed by atoms with E-state index in [0.717, 1.165) is 6.07 Å². The molecular weight excluding hydrogens is 274 g/mol. The predicted molar refractivity (Wildman–Crippen MR) is 67.1 cm³/mol. The van der Waals surface area contributed by atoms with E-state index in [4.69, 9.17) is 16.7 Å². The van der Waals surface area contributed by atoms with Crippen LogP contribution in [-0.2, 0) is 14.3 Å². The summed E-state index contributed by atoms with van der Waals surface area (Å²) in [6.45, 7) is 1.13. The number of nitrogens with two attached hydrogens (primary N) is 2. The monoisotopic (exact) mass is 289 g/mol. The minimum absolute atomic E-state index is 0.214. The van der Waals surface area contributed by atoms with Crippen molar-refractivity contribution in [2.45, 2.75) is 17.9 Å². The van der Waals surface area contributed by atoms with Crippen LogP contribution in [0.5, 0.6) is 0 Å². The average Bonchev–Trinajstić information content (AvgIpc) is 2.27. The zero-order valence-corrected chi connectivity index (χ0v) is 11.0. The van der Waals surface area contributed by atoms with Gasteiger partial charge in [0.15, 0.2) is 0 Å². The van der Waals surface area contributed by atoms with Crippen molar-refractivity contribution in [2.24, 2.45) is 5.84 Å². The molecule has 1 aromatic carbocycles. The smallest absolute Gasteiger partial charge is 0.399 e. The second kappa shape index (κ2) is 5.87. The number of aliphatic hydroxyl groups is 1. The van der Waals surface area contributed by atoms with Gasteiger partial charge in [-0.25, -0.2) is 15.6 Å². The third-order valence-electron chi connectivity index (χ3n) is 2.02. The molecule has 0 aliphatic carbocycles. The Morgan fingerprint density at radius 2 is 2.16 bits per heavy atom. The Kier molecular flexibility index (Phi) is 4.70. The zero-order chi connectivity index (χ0) is 14.6. The van der Waals surface area contributed by atoms with Gasteiger partial charge in [-0.3, -0.25) is 0 Å². The Balaban J connectivity index is 2.83. The largest absolute Gasteiger partial charge is 0.440 e. The Hall–Kier alpha value is -1.84. The van der Waals surface area contributed by atoms with Gasteiger partial charge in [-0.2, -0.15) is 8.42 Å². The van der Waals surface area contributed by atoms with E-state index >= 15 is 0 Å². The van der Waals surface area contributed by atoms with Crippen molar-refractivity contribution in [1.29, 1.82) is 0 Å². The van der Waals surface area contributed by atoms with Crippen molar-refractivity contribution in [3.05, 3.63) is 24.3 Å². The lowest BCUT2D eigenvalue weighted by Crippen LogP contribution is -2.43. The van der Waals surface area contributed by atoms with Gasteiger partial charge in [0, 0.05) is 5.69 Å². The van der Waals surface area contributed by atoms with Gasteiger partial charge in [-0.05, 0) is 25.1 Å². The molecule has 1 unspecified atom stereocenters. The van der Waals surface area contributed by atoms with Gasteiger partial charge in [0.25, 0.3) is 0 Å². The minimum atomic E-state index is -4.30. The third-order valence-corrected chi connectivity index (χ3v) is 3.22. The van der Waals surface area contributed by atoms with Gasteiger partial charge < -0.3 is 15.0 Å². The summed E-state index contributed by atoms with van der Waals surface area (Å²) in [5, 5.41) is 9.49. The van der Waals surface area contributed by atoms with Crippen molar-refractivity contribution >= 4 is 21.9 Å². The van der Waals surface area contributed by atoms with Crippen molar-refractivity contribution in [2.75, 3.05) is 12.3 Å². The molecule has 0 fully saturated rings. The van der Waals surface area contributed by atoms with Crippen LogP contribution in [0.25, 0.3) is 0 Å². The molecule has 0 aliphatic rings. The van der Waals surface area contributed by atoms with Crippen LogP contribution in [0.4, 0.5) is 10.5 Å². The van der Waals surface area contributed by atoms with Crippen molar-refractivity contribution in [3.8, 4) is 0 Å². The first-order valence-electron chi connectivity index (χ1n) is 5.26. The predicted octanol–water partition coefficient (Wildman–Crippen LogP) is -0.349. The maximum absolute atomic E-state index is 11.7. The Morgan fingerprint density at radius 1 is 1.53 bits per heavy atom. The highest BCUT2D eigenvalue weighted by molar-refractivity contribution is 7.87. The molecule has 1 rings (SSSR count). The first kappa shape index (κ1) is 15.2. The average molecular weight is 289 g/mol. The molecular formula is C10H15N3O5S. The maximum atomic E-state index is 11.7. The second-order valence-electron chi connectivity index (χ2n) is 3.88.